The Balaban J connectivity index is 2.08. The molecule has 0 aromatic heterocycles. The van der Waals surface area contributed by atoms with Crippen molar-refractivity contribution in [1.82, 2.24) is 5.32 Å². The van der Waals surface area contributed by atoms with Crippen molar-refractivity contribution in [1.29, 1.82) is 0 Å². The van der Waals surface area contributed by atoms with Gasteiger partial charge in [-0.2, -0.15) is 0 Å². The van der Waals surface area contributed by atoms with E-state index in [0.717, 1.165) is 37.9 Å². The maximum absolute atomic E-state index is 12.1. The first kappa shape index (κ1) is 9.71. The molecular formula is C11H17NO2. The smallest absolute Gasteiger partial charge is 0.167 e. The summed E-state index contributed by atoms with van der Waals surface area (Å²) in [6, 6.07) is 0. The van der Waals surface area contributed by atoms with E-state index in [-0.39, 0.29) is 5.41 Å². The average Bonchev–Trinajstić information content (AvgIpc) is 2.70. The van der Waals surface area contributed by atoms with Crippen molar-refractivity contribution in [3.8, 4) is 0 Å². The predicted molar refractivity (Wildman–Crippen MR) is 53.9 cm³/mol. The second kappa shape index (κ2) is 3.73. The molecule has 1 saturated heterocycles. The lowest BCUT2D eigenvalue weighted by molar-refractivity contribution is -0.125. The van der Waals surface area contributed by atoms with Crippen LogP contribution in [0.2, 0.25) is 0 Å². The number of nitrogens with one attached hydrogen (secondary N) is 1. The quantitative estimate of drug-likeness (QED) is 0.720. The van der Waals surface area contributed by atoms with Gasteiger partial charge in [0.1, 0.15) is 0 Å². The fourth-order valence-electron chi connectivity index (χ4n) is 2.15. The lowest BCUT2D eigenvalue weighted by Crippen LogP contribution is -2.40. The van der Waals surface area contributed by atoms with Crippen LogP contribution in [0, 0.1) is 5.41 Å². The topological polar surface area (TPSA) is 38.3 Å². The molecule has 2 rings (SSSR count). The fraction of sp³-hybridized carbons (Fsp3) is 0.727. The molecular weight excluding hydrogens is 178 g/mol. The minimum absolute atomic E-state index is 0.148. The van der Waals surface area contributed by atoms with E-state index in [1.807, 2.05) is 0 Å². The maximum Gasteiger partial charge on any atom is 0.167 e. The first-order valence-electron chi connectivity index (χ1n) is 5.28. The Hall–Kier alpha value is -0.830. The van der Waals surface area contributed by atoms with Gasteiger partial charge < -0.3 is 10.1 Å². The average molecular weight is 195 g/mol. The van der Waals surface area contributed by atoms with Crippen LogP contribution in [-0.2, 0) is 9.53 Å². The fourth-order valence-corrected chi connectivity index (χ4v) is 2.15. The summed E-state index contributed by atoms with van der Waals surface area (Å²) < 4.78 is 5.12. The lowest BCUT2D eigenvalue weighted by Gasteiger charge is -2.32. The molecule has 2 aliphatic rings. The highest BCUT2D eigenvalue weighted by Crippen LogP contribution is 2.33. The molecule has 1 fully saturated rings. The molecule has 0 saturated carbocycles. The summed E-state index contributed by atoms with van der Waals surface area (Å²) in [5.74, 6) is 0.302. The number of ether oxygens (including phenoxy) is 1. The number of hydrogen-bond donors (Lipinski definition) is 1. The molecule has 0 radical (unpaired) electrons. The summed E-state index contributed by atoms with van der Waals surface area (Å²) >= 11 is 0. The summed E-state index contributed by atoms with van der Waals surface area (Å²) in [6.07, 6.45) is 4.34. The molecule has 1 N–H and O–H groups in total. The highest BCUT2D eigenvalue weighted by molar-refractivity contribution is 5.99. The Morgan fingerprint density at radius 2 is 2.21 bits per heavy atom. The van der Waals surface area contributed by atoms with Gasteiger partial charge in [0.05, 0.1) is 12.9 Å². The number of Topliss-reactive ketones (excluding diaryl/α,β-unsaturated/α-hetero) is 1. The molecule has 14 heavy (non-hydrogen) atoms. The molecule has 0 atom stereocenters. The molecule has 0 aromatic rings. The van der Waals surface area contributed by atoms with Crippen LogP contribution in [0.25, 0.3) is 0 Å². The number of rotatable bonds is 2. The van der Waals surface area contributed by atoms with Crippen LogP contribution >= 0.6 is 0 Å². The third-order valence-corrected chi connectivity index (χ3v) is 3.26. The highest BCUT2D eigenvalue weighted by atomic mass is 16.5. The van der Waals surface area contributed by atoms with Crippen LogP contribution in [0.3, 0.4) is 0 Å². The number of piperidine rings is 1. The molecule has 3 heteroatoms. The van der Waals surface area contributed by atoms with E-state index in [1.54, 1.807) is 6.26 Å². The van der Waals surface area contributed by atoms with Gasteiger partial charge in [-0.3, -0.25) is 4.79 Å². The zero-order valence-corrected chi connectivity index (χ0v) is 8.64. The van der Waals surface area contributed by atoms with Crippen LogP contribution in [0.1, 0.15) is 26.2 Å². The number of carbonyl (C=O) groups excluding carboxylic acids is 1. The minimum atomic E-state index is -0.148. The number of hydrogen-bond acceptors (Lipinski definition) is 3. The lowest BCUT2D eigenvalue weighted by atomic mass is 9.74. The van der Waals surface area contributed by atoms with E-state index in [1.165, 1.54) is 0 Å². The van der Waals surface area contributed by atoms with E-state index in [0.29, 0.717) is 12.4 Å². The SMILES string of the molecule is CC1(C(=O)C2=COCC2)CCNCC1. The first-order valence-corrected chi connectivity index (χ1v) is 5.28. The second-order valence-corrected chi connectivity index (χ2v) is 4.40. The Kier molecular flexibility index (Phi) is 2.59. The molecule has 0 amide bonds. The third-order valence-electron chi connectivity index (χ3n) is 3.26. The Morgan fingerprint density at radius 3 is 2.79 bits per heavy atom. The summed E-state index contributed by atoms with van der Waals surface area (Å²) in [4.78, 5) is 12.1. The van der Waals surface area contributed by atoms with Crippen molar-refractivity contribution in [2.24, 2.45) is 5.41 Å². The third kappa shape index (κ3) is 1.69. The van der Waals surface area contributed by atoms with Gasteiger partial charge in [-0.15, -0.1) is 0 Å². The molecule has 2 aliphatic heterocycles. The van der Waals surface area contributed by atoms with E-state index >= 15 is 0 Å². The van der Waals surface area contributed by atoms with Crippen LogP contribution in [-0.4, -0.2) is 25.5 Å². The normalized spacial score (nSPS) is 25.4. The van der Waals surface area contributed by atoms with Crippen molar-refractivity contribution in [3.05, 3.63) is 11.8 Å². The molecule has 3 nitrogen and oxygen atoms in total. The van der Waals surface area contributed by atoms with Crippen LogP contribution < -0.4 is 5.32 Å². The number of carbonyl (C=O) groups is 1. The van der Waals surface area contributed by atoms with Crippen molar-refractivity contribution in [2.75, 3.05) is 19.7 Å². The van der Waals surface area contributed by atoms with Gasteiger partial charge in [0.15, 0.2) is 5.78 Å². The van der Waals surface area contributed by atoms with Crippen LogP contribution in [0.4, 0.5) is 0 Å². The zero-order valence-electron chi connectivity index (χ0n) is 8.64. The molecule has 0 unspecified atom stereocenters. The van der Waals surface area contributed by atoms with Crippen LogP contribution in [0.15, 0.2) is 11.8 Å². The van der Waals surface area contributed by atoms with E-state index in [2.05, 4.69) is 12.2 Å². The monoisotopic (exact) mass is 195 g/mol. The molecule has 0 aromatic carbocycles. The summed E-state index contributed by atoms with van der Waals surface area (Å²) in [5, 5.41) is 3.28. The predicted octanol–water partition coefficient (Wildman–Crippen LogP) is 1.25. The first-order chi connectivity index (χ1) is 6.72. The molecule has 0 aliphatic carbocycles. The highest BCUT2D eigenvalue weighted by Gasteiger charge is 2.36. The van der Waals surface area contributed by atoms with Crippen LogP contribution in [0.5, 0.6) is 0 Å². The van der Waals surface area contributed by atoms with Crippen molar-refractivity contribution >= 4 is 5.78 Å². The van der Waals surface area contributed by atoms with Crippen molar-refractivity contribution in [2.45, 2.75) is 26.2 Å². The minimum Gasteiger partial charge on any atom is -0.500 e. The van der Waals surface area contributed by atoms with Gasteiger partial charge in [-0.05, 0) is 25.9 Å². The van der Waals surface area contributed by atoms with E-state index in [4.69, 9.17) is 4.74 Å². The standard InChI is InChI=1S/C11H17NO2/c1-11(3-5-12-6-4-11)10(13)9-2-7-14-8-9/h8,12H,2-7H2,1H3. The van der Waals surface area contributed by atoms with Gasteiger partial charge in [-0.25, -0.2) is 0 Å². The van der Waals surface area contributed by atoms with E-state index < -0.39 is 0 Å². The summed E-state index contributed by atoms with van der Waals surface area (Å²) in [7, 11) is 0. The maximum atomic E-state index is 12.1. The van der Waals surface area contributed by atoms with Gasteiger partial charge in [0.25, 0.3) is 0 Å². The molecule has 0 bridgehead atoms. The van der Waals surface area contributed by atoms with E-state index in [9.17, 15) is 4.79 Å². The largest absolute Gasteiger partial charge is 0.500 e. The van der Waals surface area contributed by atoms with Gasteiger partial charge in [0.2, 0.25) is 0 Å². The Labute approximate surface area is 84.5 Å². The Morgan fingerprint density at radius 1 is 1.50 bits per heavy atom. The Bertz CT molecular complexity index is 264. The van der Waals surface area contributed by atoms with Gasteiger partial charge >= 0.3 is 0 Å². The molecule has 78 valence electrons. The number of ketones is 1. The molecule has 2 heterocycles. The summed E-state index contributed by atoms with van der Waals surface area (Å²) in [6.45, 7) is 4.66. The van der Waals surface area contributed by atoms with Crippen molar-refractivity contribution < 1.29 is 9.53 Å². The zero-order chi connectivity index (χ0) is 10.0. The molecule has 0 spiro atoms. The van der Waals surface area contributed by atoms with Crippen molar-refractivity contribution in [3.63, 3.8) is 0 Å². The second-order valence-electron chi connectivity index (χ2n) is 4.40. The summed E-state index contributed by atoms with van der Waals surface area (Å²) in [5.41, 5.74) is 0.736. The van der Waals surface area contributed by atoms with Gasteiger partial charge in [-0.1, -0.05) is 6.92 Å². The van der Waals surface area contributed by atoms with Gasteiger partial charge in [0, 0.05) is 17.4 Å².